The monoisotopic (exact) mass is 1030 g/mol. The predicted octanol–water partition coefficient (Wildman–Crippen LogP) is -1.61. The zero-order valence-corrected chi connectivity index (χ0v) is 39.2. The molecule has 4 fully saturated rings. The second-order valence-electron chi connectivity index (χ2n) is 19.4. The van der Waals surface area contributed by atoms with Crippen molar-refractivity contribution in [3.8, 4) is 17.2 Å². The largest absolute Gasteiger partial charge is 0.508 e. The third-order valence-electron chi connectivity index (χ3n) is 14.8. The van der Waals surface area contributed by atoms with Gasteiger partial charge < -0.3 is 104 Å². The molecule has 23 heteroatoms. The van der Waals surface area contributed by atoms with Crippen LogP contribution in [0.1, 0.15) is 61.1 Å². The summed E-state index contributed by atoms with van der Waals surface area (Å²) >= 11 is 0. The fourth-order valence-electron chi connectivity index (χ4n) is 10.1. The first-order chi connectivity index (χ1) is 34.8. The third-order valence-corrected chi connectivity index (χ3v) is 14.8. The summed E-state index contributed by atoms with van der Waals surface area (Å²) in [5.74, 6) is -6.72. The molecule has 0 unspecified atom stereocenters. The molecule has 2 heterocycles. The zero-order chi connectivity index (χ0) is 52.9. The van der Waals surface area contributed by atoms with Gasteiger partial charge in [-0.05, 0) is 110 Å². The van der Waals surface area contributed by atoms with Crippen LogP contribution in [0.25, 0.3) is 6.08 Å². The number of benzene rings is 2. The number of esters is 2. The van der Waals surface area contributed by atoms with Crippen molar-refractivity contribution < 1.29 is 114 Å². The molecule has 23 nitrogen and oxygen atoms in total. The normalized spacial score (nSPS) is 37.7. The van der Waals surface area contributed by atoms with Crippen LogP contribution in [-0.2, 0) is 47.6 Å². The van der Waals surface area contributed by atoms with Gasteiger partial charge in [0.15, 0.2) is 11.5 Å². The highest BCUT2D eigenvalue weighted by molar-refractivity contribution is 6.02. The Balaban J connectivity index is 1.04. The topological polar surface area (TPSA) is 387 Å². The molecule has 2 aromatic rings. The van der Waals surface area contributed by atoms with Crippen LogP contribution in [-0.4, -0.2) is 191 Å². The lowest BCUT2D eigenvalue weighted by molar-refractivity contribution is -0.288. The molecule has 0 amide bonds. The molecule has 2 aliphatic heterocycles. The molecule has 7 rings (SSSR count). The Labute approximate surface area is 417 Å². The number of rotatable bonds is 17. The average Bonchev–Trinajstić information content (AvgIpc) is 3.38. The summed E-state index contributed by atoms with van der Waals surface area (Å²) in [7, 11) is 0. The number of fused-ring (bicyclic) bond motifs is 1. The van der Waals surface area contributed by atoms with Gasteiger partial charge in [0.05, 0.1) is 73.5 Å². The average molecular weight is 1030 g/mol. The van der Waals surface area contributed by atoms with E-state index in [4.69, 9.17) is 28.4 Å². The van der Waals surface area contributed by atoms with Crippen LogP contribution < -0.4 is 0 Å². The maximum atomic E-state index is 14.6. The molecule has 2 saturated heterocycles. The van der Waals surface area contributed by atoms with Gasteiger partial charge >= 0.3 is 11.9 Å². The summed E-state index contributed by atoms with van der Waals surface area (Å²) in [6.07, 6.45) is -11.2. The molecule has 3 aliphatic carbocycles. The number of phenolic OH excluding ortho intramolecular Hbond substituents is 3. The predicted molar refractivity (Wildman–Crippen MR) is 245 cm³/mol. The van der Waals surface area contributed by atoms with Crippen LogP contribution >= 0.6 is 0 Å². The number of aromatic hydroxyl groups is 3. The first kappa shape index (κ1) is 55.2. The Hall–Kier alpha value is -5.54. The molecule has 0 radical (unpaired) electrons. The summed E-state index contributed by atoms with van der Waals surface area (Å²) in [6, 6.07) is 8.14. The van der Waals surface area contributed by atoms with Gasteiger partial charge in [-0.1, -0.05) is 12.1 Å². The number of aldehydes is 2. The number of phenols is 3. The molecule has 400 valence electrons. The summed E-state index contributed by atoms with van der Waals surface area (Å²) < 4.78 is 33.2. The number of aliphatic hydroxyl groups is 10. The second kappa shape index (κ2) is 23.3. The van der Waals surface area contributed by atoms with Crippen molar-refractivity contribution in [2.75, 3.05) is 26.4 Å². The Morgan fingerprint density at radius 1 is 0.644 bits per heavy atom. The molecule has 0 aromatic heterocycles. The minimum Gasteiger partial charge on any atom is -0.508 e. The molecule has 0 bridgehead atoms. The molecular weight excluding hydrogens is 969 g/mol. The molecule has 0 spiro atoms. The van der Waals surface area contributed by atoms with Gasteiger partial charge in [-0.15, -0.1) is 0 Å². The standard InChI is InChI=1S/C50H62O23/c51-18-33-39(60)41(62)43(64)47(72-33)68-11-9-49(22-53)7-5-24(13-35(49)58)20-70-45(66)30-15-27-16-31(56)32(57)17-29(27)37(26-1-3-28(55)4-2-26)38(30)46(67)71-21-25-6-8-50(23-54,36(59)14-25)10-12-69-48-44(65)42(63)40(61)34(19-52)73-48/h1-4,9-12,15-17,22-25,33-44,47-48,51-52,55-65H,5-8,13-14,18-21H2/t24-,25-,33+,34+,35-,36-,37+,38+,39+,40+,41-,42-,43+,44+,47+,48+,49+,50+/m0/s1. The summed E-state index contributed by atoms with van der Waals surface area (Å²) in [5, 5.41) is 134. The highest BCUT2D eigenvalue weighted by Crippen LogP contribution is 2.48. The Kier molecular flexibility index (Phi) is 17.7. The lowest BCUT2D eigenvalue weighted by atomic mass is 9.69. The smallest absolute Gasteiger partial charge is 0.334 e. The van der Waals surface area contributed by atoms with Gasteiger partial charge in [0.1, 0.15) is 67.2 Å². The van der Waals surface area contributed by atoms with Crippen molar-refractivity contribution in [1.29, 1.82) is 0 Å². The first-order valence-electron chi connectivity index (χ1n) is 23.8. The highest BCUT2D eigenvalue weighted by Gasteiger charge is 2.49. The van der Waals surface area contributed by atoms with Gasteiger partial charge in [-0.2, -0.15) is 0 Å². The van der Waals surface area contributed by atoms with E-state index in [0.717, 1.165) is 12.5 Å². The first-order valence-corrected chi connectivity index (χ1v) is 23.8. The van der Waals surface area contributed by atoms with Gasteiger partial charge in [-0.25, -0.2) is 4.79 Å². The molecule has 73 heavy (non-hydrogen) atoms. The minimum absolute atomic E-state index is 0.0255. The molecule has 13 N–H and O–H groups in total. The van der Waals surface area contributed by atoms with Crippen LogP contribution in [0, 0.1) is 28.6 Å². The number of carbonyl (C=O) groups excluding carboxylic acids is 4. The van der Waals surface area contributed by atoms with Gasteiger partial charge in [0.25, 0.3) is 0 Å². The van der Waals surface area contributed by atoms with Gasteiger partial charge in [0.2, 0.25) is 12.6 Å². The van der Waals surface area contributed by atoms with Crippen molar-refractivity contribution in [3.05, 3.63) is 83.3 Å². The van der Waals surface area contributed by atoms with E-state index in [-0.39, 0.29) is 68.6 Å². The van der Waals surface area contributed by atoms with Gasteiger partial charge in [0, 0.05) is 5.92 Å². The minimum atomic E-state index is -1.72. The maximum Gasteiger partial charge on any atom is 0.334 e. The zero-order valence-electron chi connectivity index (χ0n) is 39.2. The van der Waals surface area contributed by atoms with E-state index in [0.29, 0.717) is 23.7 Å². The Morgan fingerprint density at radius 2 is 1.12 bits per heavy atom. The van der Waals surface area contributed by atoms with Crippen molar-refractivity contribution in [3.63, 3.8) is 0 Å². The van der Waals surface area contributed by atoms with Crippen molar-refractivity contribution >= 4 is 30.6 Å². The van der Waals surface area contributed by atoms with E-state index >= 15 is 0 Å². The molecule has 18 atom stereocenters. The van der Waals surface area contributed by atoms with E-state index < -0.39 is 145 Å². The quantitative estimate of drug-likeness (QED) is 0.0367. The van der Waals surface area contributed by atoms with Crippen LogP contribution in [0.5, 0.6) is 17.2 Å². The highest BCUT2D eigenvalue weighted by atomic mass is 16.7. The SMILES string of the molecule is O=C[C@]1(C=CO[C@@H]2O[C@H](CO)[C@@H](O)[C@H](O)[C@H]2O)CC[C@H](COC(=O)C2=Cc3cc(O)c(O)cc3[C@@H](c3ccc(O)cc3)[C@@H]2C(=O)OC[C@H]2CC[C@](C=O)(C=CO[C@@H]3O[C@H](CO)[C@@H](O)[C@H](O)[C@H]3O)[C@@H](O)C2)C[C@@H]1O. The Morgan fingerprint density at radius 3 is 1.59 bits per heavy atom. The van der Waals surface area contributed by atoms with Crippen molar-refractivity contribution in [2.24, 2.45) is 28.6 Å². The lowest BCUT2D eigenvalue weighted by Crippen LogP contribution is -2.58. The number of ether oxygens (including phenoxy) is 6. The van der Waals surface area contributed by atoms with E-state index in [1.165, 1.54) is 54.6 Å². The fourth-order valence-corrected chi connectivity index (χ4v) is 10.1. The summed E-state index contributed by atoms with van der Waals surface area (Å²) in [4.78, 5) is 53.8. The van der Waals surface area contributed by atoms with E-state index in [1.54, 1.807) is 0 Å². The van der Waals surface area contributed by atoms with Crippen LogP contribution in [0.3, 0.4) is 0 Å². The van der Waals surface area contributed by atoms with E-state index in [9.17, 15) is 85.6 Å². The van der Waals surface area contributed by atoms with E-state index in [1.807, 2.05) is 0 Å². The summed E-state index contributed by atoms with van der Waals surface area (Å²) in [6.45, 7) is -1.99. The van der Waals surface area contributed by atoms with Crippen LogP contribution in [0.4, 0.5) is 0 Å². The molecule has 2 saturated carbocycles. The summed E-state index contributed by atoms with van der Waals surface area (Å²) in [5.41, 5.74) is -2.32. The molecular formula is C50H62O23. The maximum absolute atomic E-state index is 14.6. The van der Waals surface area contributed by atoms with Crippen molar-refractivity contribution in [2.45, 2.75) is 118 Å². The van der Waals surface area contributed by atoms with Crippen LogP contribution in [0.15, 0.2) is 66.6 Å². The fraction of sp³-hybridized carbons (Fsp3) is 0.560. The van der Waals surface area contributed by atoms with Crippen LogP contribution in [0.2, 0.25) is 0 Å². The number of hydrogen-bond acceptors (Lipinski definition) is 23. The van der Waals surface area contributed by atoms with E-state index in [2.05, 4.69) is 0 Å². The van der Waals surface area contributed by atoms with Gasteiger partial charge in [-0.3, -0.25) is 4.79 Å². The number of carbonyl (C=O) groups is 4. The Bertz CT molecular complexity index is 2350. The number of hydrogen-bond donors (Lipinski definition) is 13. The van der Waals surface area contributed by atoms with Crippen molar-refractivity contribution in [1.82, 2.24) is 0 Å². The molecule has 2 aromatic carbocycles. The lowest BCUT2D eigenvalue weighted by Gasteiger charge is -2.40. The second-order valence-corrected chi connectivity index (χ2v) is 19.4. The number of aliphatic hydroxyl groups excluding tert-OH is 10. The third kappa shape index (κ3) is 11.6. The molecule has 5 aliphatic rings.